The van der Waals surface area contributed by atoms with Crippen molar-refractivity contribution in [3.63, 3.8) is 0 Å². The zero-order valence-electron chi connectivity index (χ0n) is 16.5. The maximum atomic E-state index is 12.4. The first-order valence-corrected chi connectivity index (χ1v) is 12.1. The summed E-state index contributed by atoms with van der Waals surface area (Å²) in [6.07, 6.45) is 5.08. The standard InChI is InChI=1S/C20H28N2O6S/c1-29(25,26)22-13-6-7-17-15(8-13)16-9-14(27-18(11-23)20(16)28-17)10-19(24)21-12-4-2-3-5-12/h6-8,12,14,16,18,20,22-23H,2-5,9-11H2,1H3,(H,21,24)/t14-,16+,18+,20-/m0/s1. The van der Waals surface area contributed by atoms with Gasteiger partial charge >= 0.3 is 0 Å². The smallest absolute Gasteiger partial charge is 0.229 e. The van der Waals surface area contributed by atoms with Crippen LogP contribution in [0, 0.1) is 0 Å². The van der Waals surface area contributed by atoms with Gasteiger partial charge in [0.1, 0.15) is 18.0 Å². The van der Waals surface area contributed by atoms with Gasteiger partial charge in [0.15, 0.2) is 0 Å². The number of nitrogens with one attached hydrogen (secondary N) is 2. The fourth-order valence-corrected chi connectivity index (χ4v) is 5.29. The predicted molar refractivity (Wildman–Crippen MR) is 107 cm³/mol. The molecular weight excluding hydrogens is 396 g/mol. The second-order valence-corrected chi connectivity index (χ2v) is 10.0. The van der Waals surface area contributed by atoms with Gasteiger partial charge in [0, 0.05) is 23.2 Å². The number of amides is 1. The lowest BCUT2D eigenvalue weighted by Crippen LogP contribution is -2.47. The second kappa shape index (κ2) is 8.12. The minimum atomic E-state index is -3.39. The summed E-state index contributed by atoms with van der Waals surface area (Å²) in [6, 6.07) is 5.42. The number of benzene rings is 1. The molecule has 1 aromatic carbocycles. The number of aliphatic hydroxyl groups is 1. The average molecular weight is 425 g/mol. The molecule has 29 heavy (non-hydrogen) atoms. The lowest BCUT2D eigenvalue weighted by Gasteiger charge is -2.37. The Kier molecular flexibility index (Phi) is 5.72. The van der Waals surface area contributed by atoms with Gasteiger partial charge in [0.25, 0.3) is 0 Å². The van der Waals surface area contributed by atoms with Crippen LogP contribution in [0.25, 0.3) is 0 Å². The van der Waals surface area contributed by atoms with Gasteiger partial charge in [-0.15, -0.1) is 0 Å². The second-order valence-electron chi connectivity index (χ2n) is 8.28. The highest BCUT2D eigenvalue weighted by atomic mass is 32.2. The Bertz CT molecular complexity index is 868. The zero-order valence-corrected chi connectivity index (χ0v) is 17.3. The minimum absolute atomic E-state index is 0.0244. The highest BCUT2D eigenvalue weighted by molar-refractivity contribution is 7.92. The summed E-state index contributed by atoms with van der Waals surface area (Å²) in [5.41, 5.74) is 1.35. The molecule has 1 saturated carbocycles. The zero-order chi connectivity index (χ0) is 20.6. The van der Waals surface area contributed by atoms with Crippen molar-refractivity contribution in [1.29, 1.82) is 0 Å². The van der Waals surface area contributed by atoms with E-state index in [1.807, 2.05) is 0 Å². The molecule has 2 heterocycles. The highest BCUT2D eigenvalue weighted by Crippen LogP contribution is 2.47. The molecule has 1 saturated heterocycles. The van der Waals surface area contributed by atoms with Crippen molar-refractivity contribution >= 4 is 21.6 Å². The molecule has 2 fully saturated rings. The summed E-state index contributed by atoms with van der Waals surface area (Å²) in [5, 5.41) is 12.9. The highest BCUT2D eigenvalue weighted by Gasteiger charge is 2.46. The Morgan fingerprint density at radius 2 is 2.03 bits per heavy atom. The number of fused-ring (bicyclic) bond motifs is 3. The van der Waals surface area contributed by atoms with Crippen molar-refractivity contribution in [1.82, 2.24) is 5.32 Å². The van der Waals surface area contributed by atoms with E-state index in [1.54, 1.807) is 18.2 Å². The van der Waals surface area contributed by atoms with E-state index in [2.05, 4.69) is 10.0 Å². The van der Waals surface area contributed by atoms with Gasteiger partial charge in [0.2, 0.25) is 15.9 Å². The molecule has 0 aromatic heterocycles. The number of hydrogen-bond donors (Lipinski definition) is 3. The van der Waals surface area contributed by atoms with Crippen LogP contribution in [0.4, 0.5) is 5.69 Å². The van der Waals surface area contributed by atoms with Gasteiger partial charge in [0.05, 0.1) is 25.4 Å². The van der Waals surface area contributed by atoms with E-state index in [9.17, 15) is 18.3 Å². The normalized spacial score (nSPS) is 29.0. The van der Waals surface area contributed by atoms with Crippen LogP contribution in [0.2, 0.25) is 0 Å². The predicted octanol–water partition coefficient (Wildman–Crippen LogP) is 1.50. The van der Waals surface area contributed by atoms with Gasteiger partial charge in [-0.3, -0.25) is 9.52 Å². The van der Waals surface area contributed by atoms with Crippen LogP contribution in [0.15, 0.2) is 18.2 Å². The van der Waals surface area contributed by atoms with Crippen molar-refractivity contribution in [2.24, 2.45) is 0 Å². The maximum absolute atomic E-state index is 12.4. The average Bonchev–Trinajstić information content (AvgIpc) is 3.27. The van der Waals surface area contributed by atoms with Gasteiger partial charge in [-0.2, -0.15) is 0 Å². The minimum Gasteiger partial charge on any atom is -0.487 e. The SMILES string of the molecule is CS(=O)(=O)Nc1ccc2c(c1)[C@H]1C[C@@H](CC(=O)NC3CCCC3)O[C@H](CO)[C@H]1O2. The number of hydrogen-bond acceptors (Lipinski definition) is 6. The number of carbonyl (C=O) groups excluding carboxylic acids is 1. The molecule has 3 N–H and O–H groups in total. The van der Waals surface area contributed by atoms with Gasteiger partial charge in [-0.25, -0.2) is 8.42 Å². The molecular formula is C20H28N2O6S. The van der Waals surface area contributed by atoms with E-state index in [1.165, 1.54) is 0 Å². The van der Waals surface area contributed by atoms with Crippen LogP contribution in [0.1, 0.15) is 50.0 Å². The molecule has 8 nitrogen and oxygen atoms in total. The molecule has 3 aliphatic rings. The van der Waals surface area contributed by atoms with E-state index in [4.69, 9.17) is 9.47 Å². The van der Waals surface area contributed by atoms with E-state index in [-0.39, 0.29) is 43.1 Å². The molecule has 0 unspecified atom stereocenters. The molecule has 4 rings (SSSR count). The largest absolute Gasteiger partial charge is 0.487 e. The summed E-state index contributed by atoms with van der Waals surface area (Å²) >= 11 is 0. The third kappa shape index (κ3) is 4.67. The quantitative estimate of drug-likeness (QED) is 0.638. The Balaban J connectivity index is 1.48. The number of rotatable bonds is 6. The summed E-state index contributed by atoms with van der Waals surface area (Å²) in [7, 11) is -3.39. The topological polar surface area (TPSA) is 114 Å². The lowest BCUT2D eigenvalue weighted by atomic mass is 9.84. The van der Waals surface area contributed by atoms with Crippen LogP contribution in [-0.4, -0.2) is 56.6 Å². The third-order valence-electron chi connectivity index (χ3n) is 5.94. The molecule has 2 aliphatic heterocycles. The number of carbonyl (C=O) groups is 1. The molecule has 0 radical (unpaired) electrons. The monoisotopic (exact) mass is 424 g/mol. The van der Waals surface area contributed by atoms with Crippen molar-refractivity contribution in [2.75, 3.05) is 17.6 Å². The van der Waals surface area contributed by atoms with Crippen LogP contribution in [-0.2, 0) is 19.6 Å². The van der Waals surface area contributed by atoms with Crippen molar-refractivity contribution in [3.05, 3.63) is 23.8 Å². The molecule has 0 bridgehead atoms. The van der Waals surface area contributed by atoms with Gasteiger partial charge in [-0.1, -0.05) is 12.8 Å². The van der Waals surface area contributed by atoms with Crippen LogP contribution >= 0.6 is 0 Å². The maximum Gasteiger partial charge on any atom is 0.229 e. The molecule has 160 valence electrons. The van der Waals surface area contributed by atoms with Crippen LogP contribution in [0.5, 0.6) is 5.75 Å². The molecule has 0 spiro atoms. The van der Waals surface area contributed by atoms with Crippen LogP contribution < -0.4 is 14.8 Å². The van der Waals surface area contributed by atoms with E-state index in [0.717, 1.165) is 37.5 Å². The first-order valence-electron chi connectivity index (χ1n) is 10.2. The molecule has 1 aliphatic carbocycles. The molecule has 4 atom stereocenters. The Morgan fingerprint density at radius 1 is 1.28 bits per heavy atom. The van der Waals surface area contributed by atoms with E-state index >= 15 is 0 Å². The third-order valence-corrected chi connectivity index (χ3v) is 6.54. The van der Waals surface area contributed by atoms with E-state index < -0.39 is 16.1 Å². The number of aliphatic hydroxyl groups excluding tert-OH is 1. The number of ether oxygens (including phenoxy) is 2. The molecule has 1 amide bonds. The van der Waals surface area contributed by atoms with Crippen LogP contribution in [0.3, 0.4) is 0 Å². The number of anilines is 1. The summed E-state index contributed by atoms with van der Waals surface area (Å²) in [4.78, 5) is 12.4. The van der Waals surface area contributed by atoms with E-state index in [0.29, 0.717) is 17.9 Å². The first-order chi connectivity index (χ1) is 13.8. The summed E-state index contributed by atoms with van der Waals surface area (Å²) in [5.74, 6) is 0.572. The van der Waals surface area contributed by atoms with Crippen molar-refractivity contribution in [3.8, 4) is 5.75 Å². The Labute approximate surface area is 171 Å². The fourth-order valence-electron chi connectivity index (χ4n) is 4.73. The van der Waals surface area contributed by atoms with Gasteiger partial charge in [-0.05, 0) is 37.5 Å². The van der Waals surface area contributed by atoms with Gasteiger partial charge < -0.3 is 19.9 Å². The molecule has 9 heteroatoms. The van der Waals surface area contributed by atoms with Crippen molar-refractivity contribution in [2.45, 2.75) is 68.8 Å². The lowest BCUT2D eigenvalue weighted by molar-refractivity contribution is -0.142. The fraction of sp³-hybridized carbons (Fsp3) is 0.650. The van der Waals surface area contributed by atoms with Crippen molar-refractivity contribution < 1.29 is 27.8 Å². The summed E-state index contributed by atoms with van der Waals surface area (Å²) in [6.45, 7) is -0.204. The number of sulfonamides is 1. The summed E-state index contributed by atoms with van der Waals surface area (Å²) < 4.78 is 37.6. The first kappa shape index (κ1) is 20.4. The Morgan fingerprint density at radius 3 is 2.72 bits per heavy atom. The Hall–Kier alpha value is -1.84. The molecule has 1 aromatic rings.